The van der Waals surface area contributed by atoms with Crippen LogP contribution in [0.2, 0.25) is 0 Å². The zero-order valence-corrected chi connectivity index (χ0v) is 17.2. The zero-order chi connectivity index (χ0) is 22.2. The van der Waals surface area contributed by atoms with E-state index in [4.69, 9.17) is 18.6 Å². The van der Waals surface area contributed by atoms with Crippen LogP contribution in [-0.2, 0) is 9.71 Å². The van der Waals surface area contributed by atoms with Crippen molar-refractivity contribution in [1.29, 1.82) is 0 Å². The number of H-pyrrole nitrogens is 1. The van der Waals surface area contributed by atoms with Gasteiger partial charge in [-0.05, 0) is 42.3 Å². The molecule has 0 spiro atoms. The molecule has 2 aromatic carbocycles. The Kier molecular flexibility index (Phi) is 4.99. The van der Waals surface area contributed by atoms with Gasteiger partial charge in [0.2, 0.25) is 0 Å². The minimum Gasteiger partial charge on any atom is -0.364 e. The van der Waals surface area contributed by atoms with Crippen molar-refractivity contribution in [1.82, 2.24) is 24.3 Å². The topological polar surface area (TPSA) is 110 Å². The van der Waals surface area contributed by atoms with Crippen molar-refractivity contribution in [3.8, 4) is 30.4 Å². The van der Waals surface area contributed by atoms with Crippen molar-refractivity contribution in [3.05, 3.63) is 48.3 Å². The van der Waals surface area contributed by atoms with Crippen LogP contribution in [0.4, 0.5) is 0 Å². The lowest BCUT2D eigenvalue weighted by atomic mass is 10.1. The Bertz CT molecular complexity index is 1480. The highest BCUT2D eigenvalue weighted by Gasteiger charge is 2.20. The Hall–Kier alpha value is -4.05. The maximum absolute atomic E-state index is 13.3. The number of benzene rings is 2. The summed E-state index contributed by atoms with van der Waals surface area (Å²) in [6.45, 7) is 0.219. The first-order valence-electron chi connectivity index (χ1n) is 9.13. The Morgan fingerprint density at radius 3 is 2.45 bits per heavy atom. The highest BCUT2D eigenvalue weighted by Crippen LogP contribution is 2.29. The lowest BCUT2D eigenvalue weighted by Gasteiger charge is -2.22. The molecule has 2 aromatic heterocycles. The normalized spacial score (nSPS) is 13.1. The highest BCUT2D eigenvalue weighted by molar-refractivity contribution is 7.98. The molecule has 4 rings (SSSR count). The summed E-state index contributed by atoms with van der Waals surface area (Å²) >= 11 is 0. The van der Waals surface area contributed by atoms with Crippen molar-refractivity contribution < 1.29 is 9.00 Å². The number of primary amides is 1. The minimum absolute atomic E-state index is 0.110. The zero-order valence-electron chi connectivity index (χ0n) is 16.4. The van der Waals surface area contributed by atoms with Crippen LogP contribution in [0, 0.1) is 24.7 Å². The molecule has 0 aliphatic carbocycles. The first-order chi connectivity index (χ1) is 14.9. The van der Waals surface area contributed by atoms with Crippen LogP contribution >= 0.6 is 0 Å². The summed E-state index contributed by atoms with van der Waals surface area (Å²) in [7, 11) is -2.87. The number of amides is 1. The first-order valence-corrected chi connectivity index (χ1v) is 10.8. The number of carbonyl (C=O) groups is 1. The molecule has 1 amide bonds. The molecule has 1 atom stereocenters. The quantitative estimate of drug-likeness (QED) is 0.357. The van der Waals surface area contributed by atoms with E-state index in [1.54, 1.807) is 41.2 Å². The number of fused-ring (bicyclic) bond motifs is 3. The fourth-order valence-corrected chi connectivity index (χ4v) is 4.84. The van der Waals surface area contributed by atoms with Crippen molar-refractivity contribution in [3.63, 3.8) is 0 Å². The first kappa shape index (κ1) is 20.2. The van der Waals surface area contributed by atoms with Crippen molar-refractivity contribution in [2.75, 3.05) is 13.1 Å². The van der Waals surface area contributed by atoms with Gasteiger partial charge in [-0.1, -0.05) is 11.8 Å². The van der Waals surface area contributed by atoms with E-state index in [0.29, 0.717) is 21.5 Å². The van der Waals surface area contributed by atoms with Gasteiger partial charge >= 0.3 is 0 Å². The maximum atomic E-state index is 13.3. The molecule has 0 radical (unpaired) electrons. The van der Waals surface area contributed by atoms with Crippen LogP contribution in [-0.4, -0.2) is 53.4 Å². The number of aromatic amines is 1. The number of hydrogen-bond acceptors (Lipinski definition) is 4. The molecule has 154 valence electrons. The average molecular weight is 430 g/mol. The lowest BCUT2D eigenvalue weighted by Crippen LogP contribution is -2.31. The van der Waals surface area contributed by atoms with Crippen LogP contribution in [0.25, 0.3) is 27.5 Å². The Labute approximate surface area is 179 Å². The number of hydrogen-bond donors (Lipinski definition) is 2. The molecule has 0 bridgehead atoms. The van der Waals surface area contributed by atoms with E-state index in [2.05, 4.69) is 33.0 Å². The second kappa shape index (κ2) is 7.65. The fourth-order valence-electron chi connectivity index (χ4n) is 3.41. The number of nitrogens with zero attached hydrogens (tertiary/aromatic N) is 4. The summed E-state index contributed by atoms with van der Waals surface area (Å²) in [6.07, 6.45) is 12.4. The van der Waals surface area contributed by atoms with Crippen LogP contribution in [0.15, 0.2) is 47.5 Å². The lowest BCUT2D eigenvalue weighted by molar-refractivity contribution is 0.0996. The molecule has 3 N–H and O–H groups in total. The summed E-state index contributed by atoms with van der Waals surface area (Å²) < 4.78 is 16.4. The summed E-state index contributed by atoms with van der Waals surface area (Å²) in [5.41, 5.74) is 7.81. The molecular weight excluding hydrogens is 412 g/mol. The summed E-state index contributed by atoms with van der Waals surface area (Å²) in [5.74, 6) is 8.14. The van der Waals surface area contributed by atoms with Gasteiger partial charge in [0.1, 0.15) is 0 Å². The van der Waals surface area contributed by atoms with Gasteiger partial charge in [0.25, 0.3) is 5.91 Å². The second-order valence-electron chi connectivity index (χ2n) is 6.76. The molecule has 31 heavy (non-hydrogen) atoms. The molecule has 2 heterocycles. The number of rotatable bonds is 6. The fraction of sp³-hybridized carbons (Fsp3) is 0.0909. The summed E-state index contributed by atoms with van der Waals surface area (Å²) in [4.78, 5) is 12.4. The number of aromatic nitrogens is 4. The van der Waals surface area contributed by atoms with E-state index >= 15 is 0 Å². The monoisotopic (exact) mass is 430 g/mol. The van der Waals surface area contributed by atoms with Gasteiger partial charge in [0.05, 0.1) is 45.7 Å². The minimum atomic E-state index is -2.87. The third-order valence-electron chi connectivity index (χ3n) is 4.90. The van der Waals surface area contributed by atoms with Gasteiger partial charge < -0.3 is 5.73 Å². The van der Waals surface area contributed by atoms with Crippen molar-refractivity contribution >= 4 is 43.3 Å². The largest absolute Gasteiger partial charge is 0.364 e. The number of nitrogens with one attached hydrogen (secondary N) is 1. The molecular formula is C22H18N6O2S. The summed E-state index contributed by atoms with van der Waals surface area (Å²) in [6, 6.07) is 10.4. The average Bonchev–Trinajstić information content (AvgIpc) is 3.38. The van der Waals surface area contributed by atoms with Crippen LogP contribution in [0.3, 0.4) is 0 Å². The smallest absolute Gasteiger partial charge is 0.269 e. The SMILES string of the molecule is C#CCN(CC#C)S(=C)(=O)c1ccc(-n2nc(C(N)=O)c3ccc4[nH]ncc4c32)cc1. The molecule has 9 heteroatoms. The number of nitrogens with two attached hydrogens (primary N) is 1. The molecule has 0 fully saturated rings. The van der Waals surface area contributed by atoms with Crippen LogP contribution in [0.1, 0.15) is 10.5 Å². The predicted molar refractivity (Wildman–Crippen MR) is 122 cm³/mol. The Morgan fingerprint density at radius 2 is 1.84 bits per heavy atom. The van der Waals surface area contributed by atoms with Crippen LogP contribution in [0.5, 0.6) is 0 Å². The van der Waals surface area contributed by atoms with Gasteiger partial charge in [-0.2, -0.15) is 10.2 Å². The van der Waals surface area contributed by atoms with E-state index in [1.807, 2.05) is 6.07 Å². The standard InChI is InChI=1S/C22H18N6O2S/c1-4-12-27(13-5-2)31(3,30)16-8-6-15(7-9-16)28-21-17(20(26-28)22(23)29)10-11-19-18(21)14-24-25-19/h1-2,6-11,14H,3,12-13H2,(H2,23,29)(H,24,25). The van der Waals surface area contributed by atoms with E-state index in [1.165, 1.54) is 4.31 Å². The number of carbonyl (C=O) groups excluding carboxylic acids is 1. The predicted octanol–water partition coefficient (Wildman–Crippen LogP) is 1.56. The highest BCUT2D eigenvalue weighted by atomic mass is 32.2. The molecule has 0 saturated carbocycles. The van der Waals surface area contributed by atoms with Crippen molar-refractivity contribution in [2.24, 2.45) is 5.73 Å². The van der Waals surface area contributed by atoms with Gasteiger partial charge in [0.15, 0.2) is 5.69 Å². The van der Waals surface area contributed by atoms with Gasteiger partial charge in [-0.15, -0.1) is 12.8 Å². The van der Waals surface area contributed by atoms with Gasteiger partial charge in [-0.3, -0.25) is 9.89 Å². The summed E-state index contributed by atoms with van der Waals surface area (Å²) in [5, 5.41) is 12.8. The Morgan fingerprint density at radius 1 is 1.16 bits per heavy atom. The molecule has 0 aliphatic heterocycles. The third kappa shape index (κ3) is 3.32. The van der Waals surface area contributed by atoms with E-state index in [9.17, 15) is 9.00 Å². The van der Waals surface area contributed by atoms with Gasteiger partial charge in [-0.25, -0.2) is 13.2 Å². The second-order valence-corrected chi connectivity index (χ2v) is 9.03. The number of terminal acetylenes is 2. The molecule has 0 saturated heterocycles. The molecule has 4 aromatic rings. The molecule has 8 nitrogen and oxygen atoms in total. The van der Waals surface area contributed by atoms with E-state index in [0.717, 1.165) is 10.9 Å². The van der Waals surface area contributed by atoms with E-state index < -0.39 is 15.6 Å². The van der Waals surface area contributed by atoms with E-state index in [-0.39, 0.29) is 18.8 Å². The Balaban J connectivity index is 1.85. The third-order valence-corrected chi connectivity index (χ3v) is 7.00. The van der Waals surface area contributed by atoms with Crippen LogP contribution < -0.4 is 5.73 Å². The molecule has 0 aliphatic rings. The van der Waals surface area contributed by atoms with Crippen molar-refractivity contribution in [2.45, 2.75) is 4.90 Å². The maximum Gasteiger partial charge on any atom is 0.269 e. The van der Waals surface area contributed by atoms with Gasteiger partial charge in [0, 0.05) is 15.7 Å². The molecule has 1 unspecified atom stereocenters.